The summed E-state index contributed by atoms with van der Waals surface area (Å²) in [6.07, 6.45) is 3.20. The van der Waals surface area contributed by atoms with Crippen LogP contribution in [0.1, 0.15) is 19.3 Å². The lowest BCUT2D eigenvalue weighted by Gasteiger charge is -2.22. The van der Waals surface area contributed by atoms with E-state index in [2.05, 4.69) is 5.32 Å². The van der Waals surface area contributed by atoms with Crippen LogP contribution in [0.4, 0.5) is 0 Å². The largest absolute Gasteiger partial charge is 0.378 e. The van der Waals surface area contributed by atoms with E-state index in [1.807, 2.05) is 7.05 Å². The molecule has 1 rings (SSSR count). The van der Waals surface area contributed by atoms with Gasteiger partial charge in [-0.3, -0.25) is 0 Å². The monoisotopic (exact) mass is 643 g/mol. The van der Waals surface area contributed by atoms with Crippen LogP contribution >= 0.6 is 0 Å². The highest BCUT2D eigenvalue weighted by atomic mass is 16.7. The van der Waals surface area contributed by atoms with E-state index in [-0.39, 0.29) is 6.29 Å². The Bertz CT molecular complexity index is 533. The van der Waals surface area contributed by atoms with E-state index in [0.29, 0.717) is 152 Å². The van der Waals surface area contributed by atoms with Crippen molar-refractivity contribution < 1.29 is 61.6 Å². The highest BCUT2D eigenvalue weighted by Gasteiger charge is 2.13. The Labute approximate surface area is 264 Å². The van der Waals surface area contributed by atoms with E-state index in [9.17, 15) is 0 Å². The maximum Gasteiger partial charge on any atom is 0.157 e. The smallest absolute Gasteiger partial charge is 0.157 e. The molecule has 264 valence electrons. The summed E-state index contributed by atoms with van der Waals surface area (Å²) in [4.78, 5) is 0. The van der Waals surface area contributed by atoms with Gasteiger partial charge in [-0.15, -0.1) is 0 Å². The van der Waals surface area contributed by atoms with E-state index < -0.39 is 0 Å². The molecular weight excluding hydrogens is 582 g/mol. The normalized spacial score (nSPS) is 15.3. The summed E-state index contributed by atoms with van der Waals surface area (Å²) in [5.74, 6) is 0. The number of rotatable bonds is 37. The predicted molar refractivity (Wildman–Crippen MR) is 162 cm³/mol. The average molecular weight is 644 g/mol. The van der Waals surface area contributed by atoms with E-state index in [4.69, 9.17) is 61.6 Å². The quantitative estimate of drug-likeness (QED) is 0.0963. The van der Waals surface area contributed by atoms with Crippen molar-refractivity contribution in [2.45, 2.75) is 25.6 Å². The molecule has 1 saturated heterocycles. The summed E-state index contributed by atoms with van der Waals surface area (Å²) in [6, 6.07) is 0. The molecule has 1 aliphatic heterocycles. The topological polar surface area (TPSA) is 132 Å². The predicted octanol–water partition coefficient (Wildman–Crippen LogP) is 0.932. The highest BCUT2D eigenvalue weighted by Crippen LogP contribution is 2.13. The van der Waals surface area contributed by atoms with Gasteiger partial charge in [-0.05, 0) is 26.3 Å². The molecule has 0 bridgehead atoms. The van der Waals surface area contributed by atoms with Crippen molar-refractivity contribution in [2.75, 3.05) is 172 Å². The molecule has 0 radical (unpaired) electrons. The fourth-order valence-corrected chi connectivity index (χ4v) is 3.56. The Morgan fingerprint density at radius 2 is 0.705 bits per heavy atom. The van der Waals surface area contributed by atoms with Crippen molar-refractivity contribution in [3.05, 3.63) is 0 Å². The molecule has 0 aliphatic carbocycles. The molecule has 0 aromatic heterocycles. The minimum atomic E-state index is -0.0644. The van der Waals surface area contributed by atoms with Crippen LogP contribution in [-0.4, -0.2) is 178 Å². The van der Waals surface area contributed by atoms with E-state index >= 15 is 0 Å². The molecule has 14 heteroatoms. The zero-order valence-corrected chi connectivity index (χ0v) is 27.2. The molecule has 0 amide bonds. The van der Waals surface area contributed by atoms with Gasteiger partial charge in [0.25, 0.3) is 0 Å². The van der Waals surface area contributed by atoms with Crippen LogP contribution < -0.4 is 5.32 Å². The maximum atomic E-state index is 5.61. The van der Waals surface area contributed by atoms with Crippen LogP contribution in [-0.2, 0) is 61.6 Å². The van der Waals surface area contributed by atoms with Gasteiger partial charge in [-0.2, -0.15) is 0 Å². The molecule has 0 aromatic rings. The summed E-state index contributed by atoms with van der Waals surface area (Å²) < 4.78 is 71.2. The minimum absolute atomic E-state index is 0.0644. The third-order valence-electron chi connectivity index (χ3n) is 5.89. The minimum Gasteiger partial charge on any atom is -0.378 e. The number of likely N-dealkylation sites (N-methyl/N-ethyl adjacent to an activating group) is 1. The molecule has 1 heterocycles. The molecule has 1 atom stereocenters. The van der Waals surface area contributed by atoms with Crippen LogP contribution in [0.15, 0.2) is 0 Å². The SMILES string of the molecule is CNCCOCCOCCOCCOCCOCCOCCOCCOCCOCCOCCOCCOC1CCCCO1. The van der Waals surface area contributed by atoms with E-state index in [0.717, 1.165) is 26.0 Å². The van der Waals surface area contributed by atoms with Gasteiger partial charge in [-0.25, -0.2) is 0 Å². The zero-order chi connectivity index (χ0) is 31.3. The Kier molecular flexibility index (Phi) is 34.8. The second-order valence-electron chi connectivity index (χ2n) is 9.51. The molecule has 14 nitrogen and oxygen atoms in total. The third kappa shape index (κ3) is 32.8. The highest BCUT2D eigenvalue weighted by molar-refractivity contribution is 4.53. The second-order valence-corrected chi connectivity index (χ2v) is 9.51. The van der Waals surface area contributed by atoms with Crippen LogP contribution in [0.3, 0.4) is 0 Å². The summed E-state index contributed by atoms with van der Waals surface area (Å²) in [5, 5.41) is 3.02. The number of ether oxygens (including phenoxy) is 13. The van der Waals surface area contributed by atoms with Crippen molar-refractivity contribution in [3.63, 3.8) is 0 Å². The van der Waals surface area contributed by atoms with Crippen LogP contribution in [0.2, 0.25) is 0 Å². The summed E-state index contributed by atoms with van der Waals surface area (Å²) >= 11 is 0. The van der Waals surface area contributed by atoms with Gasteiger partial charge in [0.2, 0.25) is 0 Å². The summed E-state index contributed by atoms with van der Waals surface area (Å²) in [7, 11) is 1.90. The average Bonchev–Trinajstić information content (AvgIpc) is 3.05. The lowest BCUT2D eigenvalue weighted by atomic mass is 10.2. The first-order chi connectivity index (χ1) is 21.9. The van der Waals surface area contributed by atoms with Gasteiger partial charge in [0, 0.05) is 13.2 Å². The molecule has 0 spiro atoms. The molecule has 0 saturated carbocycles. The number of nitrogens with one attached hydrogen (secondary N) is 1. The van der Waals surface area contributed by atoms with Gasteiger partial charge >= 0.3 is 0 Å². The summed E-state index contributed by atoms with van der Waals surface area (Å²) in [6.45, 7) is 14.1. The van der Waals surface area contributed by atoms with Crippen molar-refractivity contribution >= 4 is 0 Å². The van der Waals surface area contributed by atoms with Crippen LogP contribution in [0, 0.1) is 0 Å². The zero-order valence-electron chi connectivity index (χ0n) is 27.2. The Morgan fingerprint density at radius 1 is 0.409 bits per heavy atom. The first-order valence-corrected chi connectivity index (χ1v) is 16.2. The fourth-order valence-electron chi connectivity index (χ4n) is 3.56. The number of hydrogen-bond donors (Lipinski definition) is 1. The van der Waals surface area contributed by atoms with E-state index in [1.165, 1.54) is 6.42 Å². The Balaban J connectivity index is 1.60. The Morgan fingerprint density at radius 3 is 0.977 bits per heavy atom. The van der Waals surface area contributed by atoms with Crippen molar-refractivity contribution in [1.82, 2.24) is 5.32 Å². The molecule has 1 N–H and O–H groups in total. The van der Waals surface area contributed by atoms with Crippen LogP contribution in [0.5, 0.6) is 0 Å². The van der Waals surface area contributed by atoms with Crippen molar-refractivity contribution in [3.8, 4) is 0 Å². The molecule has 1 aliphatic rings. The lowest BCUT2D eigenvalue weighted by Crippen LogP contribution is -2.24. The first kappa shape index (κ1) is 41.5. The maximum absolute atomic E-state index is 5.61. The molecular formula is C30H61NO13. The molecule has 44 heavy (non-hydrogen) atoms. The second kappa shape index (κ2) is 36.9. The van der Waals surface area contributed by atoms with Gasteiger partial charge in [0.05, 0.1) is 152 Å². The summed E-state index contributed by atoms with van der Waals surface area (Å²) in [5.41, 5.74) is 0. The van der Waals surface area contributed by atoms with Crippen molar-refractivity contribution in [2.24, 2.45) is 0 Å². The van der Waals surface area contributed by atoms with Crippen LogP contribution in [0.25, 0.3) is 0 Å². The molecule has 0 aromatic carbocycles. The number of hydrogen-bond acceptors (Lipinski definition) is 14. The Hall–Kier alpha value is -0.560. The van der Waals surface area contributed by atoms with Gasteiger partial charge in [-0.1, -0.05) is 0 Å². The molecule has 1 unspecified atom stereocenters. The van der Waals surface area contributed by atoms with Gasteiger partial charge in [0.1, 0.15) is 0 Å². The molecule has 1 fully saturated rings. The van der Waals surface area contributed by atoms with Crippen molar-refractivity contribution in [1.29, 1.82) is 0 Å². The standard InChI is InChI=1S/C30H61NO13/c1-31-5-7-32-8-9-33-10-11-34-12-13-35-14-15-36-16-17-37-18-19-38-20-21-39-22-23-40-24-25-41-26-27-42-28-29-44-30-4-2-3-6-43-30/h30-31H,2-29H2,1H3. The van der Waals surface area contributed by atoms with Gasteiger partial charge < -0.3 is 66.9 Å². The first-order valence-electron chi connectivity index (χ1n) is 16.2. The lowest BCUT2D eigenvalue weighted by molar-refractivity contribution is -0.169. The fraction of sp³-hybridized carbons (Fsp3) is 1.00. The van der Waals surface area contributed by atoms with Gasteiger partial charge in [0.15, 0.2) is 6.29 Å². The van der Waals surface area contributed by atoms with E-state index in [1.54, 1.807) is 0 Å². The third-order valence-corrected chi connectivity index (χ3v) is 5.89.